The van der Waals surface area contributed by atoms with Gasteiger partial charge in [0.05, 0.1) is 9.82 Å². The van der Waals surface area contributed by atoms with E-state index in [2.05, 4.69) is 34.5 Å². The Balaban J connectivity index is 1.16. The number of anilines is 2. The van der Waals surface area contributed by atoms with Crippen molar-refractivity contribution in [3.63, 3.8) is 0 Å². The number of rotatable bonds is 12. The van der Waals surface area contributed by atoms with E-state index >= 15 is 0 Å². The van der Waals surface area contributed by atoms with Crippen molar-refractivity contribution in [3.05, 3.63) is 124 Å². The minimum Gasteiger partial charge on any atom is -0.379 e. The van der Waals surface area contributed by atoms with Gasteiger partial charge in [0.2, 0.25) is 0 Å². The van der Waals surface area contributed by atoms with Crippen molar-refractivity contribution in [2.24, 2.45) is 5.92 Å². The van der Waals surface area contributed by atoms with Crippen LogP contribution in [0.25, 0.3) is 0 Å². The van der Waals surface area contributed by atoms with Gasteiger partial charge in [-0.15, -0.1) is 11.8 Å². The van der Waals surface area contributed by atoms with Crippen molar-refractivity contribution in [1.82, 2.24) is 4.72 Å². The highest BCUT2D eigenvalue weighted by molar-refractivity contribution is 7.99. The van der Waals surface area contributed by atoms with Gasteiger partial charge in [-0.3, -0.25) is 14.9 Å². The molecule has 1 saturated heterocycles. The molecule has 0 atom stereocenters. The predicted octanol–water partition coefficient (Wildman–Crippen LogP) is 6.38. The summed E-state index contributed by atoms with van der Waals surface area (Å²) in [5, 5.41) is 14.7. The van der Waals surface area contributed by atoms with Crippen molar-refractivity contribution in [1.29, 1.82) is 0 Å². The molecule has 4 aromatic carbocycles. The number of nitrogens with one attached hydrogen (secondary N) is 2. The Morgan fingerprint density at radius 1 is 0.909 bits per heavy atom. The molecule has 0 unspecified atom stereocenters. The van der Waals surface area contributed by atoms with Crippen molar-refractivity contribution in [2.45, 2.75) is 29.1 Å². The van der Waals surface area contributed by atoms with Crippen molar-refractivity contribution in [2.75, 3.05) is 35.6 Å². The molecule has 5 rings (SSSR count). The molecule has 4 aromatic rings. The van der Waals surface area contributed by atoms with Crippen LogP contribution < -0.4 is 14.9 Å². The van der Waals surface area contributed by atoms with Gasteiger partial charge in [-0.05, 0) is 79.3 Å². The Morgan fingerprint density at radius 2 is 1.57 bits per heavy atom. The van der Waals surface area contributed by atoms with Gasteiger partial charge >= 0.3 is 0 Å². The summed E-state index contributed by atoms with van der Waals surface area (Å²) in [7, 11) is -4.35. The average molecular weight is 631 g/mol. The Kier molecular flexibility index (Phi) is 10.2. The van der Waals surface area contributed by atoms with Crippen LogP contribution in [-0.2, 0) is 16.4 Å². The third-order valence-electron chi connectivity index (χ3n) is 7.61. The molecule has 0 aromatic heterocycles. The highest BCUT2D eigenvalue weighted by atomic mass is 32.2. The normalized spacial score (nSPS) is 13.8. The maximum Gasteiger partial charge on any atom is 0.293 e. The van der Waals surface area contributed by atoms with E-state index in [1.165, 1.54) is 17.7 Å². The van der Waals surface area contributed by atoms with E-state index in [4.69, 9.17) is 0 Å². The van der Waals surface area contributed by atoms with E-state index in [9.17, 15) is 23.3 Å². The van der Waals surface area contributed by atoms with Gasteiger partial charge in [0, 0.05) is 47.6 Å². The second kappa shape index (κ2) is 14.4. The first-order valence-corrected chi connectivity index (χ1v) is 16.9. The van der Waals surface area contributed by atoms with Crippen LogP contribution in [0.5, 0.6) is 0 Å². The quantitative estimate of drug-likeness (QED) is 0.0801. The molecule has 1 amide bonds. The third kappa shape index (κ3) is 8.18. The predicted molar refractivity (Wildman–Crippen MR) is 175 cm³/mol. The Morgan fingerprint density at radius 3 is 2.23 bits per heavy atom. The second-order valence-electron chi connectivity index (χ2n) is 10.6. The maximum absolute atomic E-state index is 13.0. The van der Waals surface area contributed by atoms with E-state index in [0.29, 0.717) is 18.2 Å². The lowest BCUT2D eigenvalue weighted by Crippen LogP contribution is -2.34. The third-order valence-corrected chi connectivity index (χ3v) is 9.95. The van der Waals surface area contributed by atoms with E-state index < -0.39 is 20.9 Å². The van der Waals surface area contributed by atoms with Crippen LogP contribution in [0.3, 0.4) is 0 Å². The number of sulfonamides is 1. The minimum atomic E-state index is -4.35. The molecule has 0 radical (unpaired) electrons. The largest absolute Gasteiger partial charge is 0.379 e. The number of nitro groups is 1. The highest BCUT2D eigenvalue weighted by Crippen LogP contribution is 2.29. The van der Waals surface area contributed by atoms with Crippen LogP contribution in [0.4, 0.5) is 17.1 Å². The number of nitro benzene ring substituents is 1. The van der Waals surface area contributed by atoms with E-state index in [0.717, 1.165) is 49.0 Å². The smallest absolute Gasteiger partial charge is 0.293 e. The van der Waals surface area contributed by atoms with Gasteiger partial charge in [0.1, 0.15) is 5.69 Å². The monoisotopic (exact) mass is 630 g/mol. The number of carbonyl (C=O) groups is 1. The number of hydrogen-bond donors (Lipinski definition) is 2. The zero-order chi connectivity index (χ0) is 30.9. The summed E-state index contributed by atoms with van der Waals surface area (Å²) in [5.41, 5.74) is 2.33. The topological polar surface area (TPSA) is 122 Å². The number of amides is 1. The van der Waals surface area contributed by atoms with Crippen molar-refractivity contribution in [3.8, 4) is 0 Å². The number of nitrogens with zero attached hydrogens (tertiary/aromatic N) is 2. The fraction of sp³-hybridized carbons (Fsp3) is 0.242. The number of carbonyl (C=O) groups excluding carboxylic acids is 1. The summed E-state index contributed by atoms with van der Waals surface area (Å²) in [6, 6.07) is 30.7. The van der Waals surface area contributed by atoms with Crippen LogP contribution in [-0.4, -0.2) is 44.6 Å². The molecule has 0 spiro atoms. The zero-order valence-electron chi connectivity index (χ0n) is 24.1. The molecule has 0 saturated carbocycles. The molecule has 11 heteroatoms. The van der Waals surface area contributed by atoms with Crippen LogP contribution in [0, 0.1) is 16.0 Å². The second-order valence-corrected chi connectivity index (χ2v) is 13.5. The van der Waals surface area contributed by atoms with Crippen LogP contribution in [0.1, 0.15) is 28.8 Å². The molecular formula is C33H34N4O5S2. The summed E-state index contributed by atoms with van der Waals surface area (Å²) < 4.78 is 28.1. The summed E-state index contributed by atoms with van der Waals surface area (Å²) in [6.45, 7) is 2.25. The first kappa shape index (κ1) is 31.1. The van der Waals surface area contributed by atoms with E-state index in [-0.39, 0.29) is 21.8 Å². The lowest BCUT2D eigenvalue weighted by molar-refractivity contribution is -0.384. The maximum atomic E-state index is 13.0. The van der Waals surface area contributed by atoms with E-state index in [1.807, 2.05) is 53.3 Å². The van der Waals surface area contributed by atoms with Gasteiger partial charge in [0.25, 0.3) is 21.6 Å². The van der Waals surface area contributed by atoms with Gasteiger partial charge in [-0.1, -0.05) is 48.5 Å². The lowest BCUT2D eigenvalue weighted by Gasteiger charge is -2.33. The molecule has 9 nitrogen and oxygen atoms in total. The minimum absolute atomic E-state index is 0.181. The standard InChI is InChI=1S/C33H34N4O5S2/c38-33(27-11-13-28(14-12-27)36-20-17-26(18-21-36)23-25-7-3-1-4-8-25)35-44(41,42)30-15-16-31(32(24-30)37(39)40)34-19-22-43-29-9-5-2-6-10-29/h1-16,24,26,34H,17-23H2,(H,35,38). The molecule has 1 aliphatic heterocycles. The van der Waals surface area contributed by atoms with Gasteiger partial charge < -0.3 is 10.2 Å². The number of benzene rings is 4. The summed E-state index contributed by atoms with van der Waals surface area (Å²) in [6.07, 6.45) is 3.21. The molecule has 44 heavy (non-hydrogen) atoms. The highest BCUT2D eigenvalue weighted by Gasteiger charge is 2.24. The van der Waals surface area contributed by atoms with Gasteiger partial charge in [0.15, 0.2) is 0 Å². The molecule has 2 N–H and O–H groups in total. The number of piperidine rings is 1. The van der Waals surface area contributed by atoms with Gasteiger partial charge in [-0.2, -0.15) is 0 Å². The Bertz CT molecular complexity index is 1680. The fourth-order valence-electron chi connectivity index (χ4n) is 5.26. The van der Waals surface area contributed by atoms with Crippen LogP contribution in [0.15, 0.2) is 113 Å². The molecular weight excluding hydrogens is 597 g/mol. The van der Waals surface area contributed by atoms with Crippen molar-refractivity contribution < 1.29 is 18.1 Å². The Labute approximate surface area is 261 Å². The first-order valence-electron chi connectivity index (χ1n) is 14.4. The summed E-state index contributed by atoms with van der Waals surface area (Å²) >= 11 is 1.60. The Hall–Kier alpha value is -4.35. The SMILES string of the molecule is O=C(NS(=O)(=O)c1ccc(NCCSc2ccccc2)c([N+](=O)[O-])c1)c1ccc(N2CCC(Cc3ccccc3)CC2)cc1. The molecule has 1 aliphatic rings. The average Bonchev–Trinajstić information content (AvgIpc) is 3.04. The van der Waals surface area contributed by atoms with Gasteiger partial charge in [-0.25, -0.2) is 13.1 Å². The van der Waals surface area contributed by atoms with Crippen LogP contribution in [0.2, 0.25) is 0 Å². The number of thioether (sulfide) groups is 1. The zero-order valence-corrected chi connectivity index (χ0v) is 25.7. The summed E-state index contributed by atoms with van der Waals surface area (Å²) in [5.74, 6) is 0.479. The van der Waals surface area contributed by atoms with E-state index in [1.54, 1.807) is 23.9 Å². The summed E-state index contributed by atoms with van der Waals surface area (Å²) in [4.78, 5) is 26.9. The van der Waals surface area contributed by atoms with Crippen LogP contribution >= 0.6 is 11.8 Å². The fourth-order valence-corrected chi connectivity index (χ4v) is 7.04. The first-order chi connectivity index (χ1) is 21.3. The molecule has 1 fully saturated rings. The molecule has 228 valence electrons. The van der Waals surface area contributed by atoms with Crippen molar-refractivity contribution >= 4 is 44.8 Å². The number of hydrogen-bond acceptors (Lipinski definition) is 8. The molecule has 0 bridgehead atoms. The molecule has 0 aliphatic carbocycles. The molecule has 1 heterocycles. The lowest BCUT2D eigenvalue weighted by atomic mass is 9.90.